The third kappa shape index (κ3) is 3.25. The minimum Gasteiger partial charge on any atom is -0.381 e. The highest BCUT2D eigenvalue weighted by Crippen LogP contribution is 2.26. The van der Waals surface area contributed by atoms with Crippen molar-refractivity contribution in [2.24, 2.45) is 0 Å². The number of nitrogens with zero attached hydrogens (tertiary/aromatic N) is 1. The maximum atomic E-state index is 13.2. The molecular weight excluding hydrogens is 346 g/mol. The standard InChI is InChI=1S/C20H21N3O2S/c24-26(25,23-13-5-10-20(23)16-6-2-1-3-7-16)19-9-4-8-17(14-19)22-18-11-12-21-15-18/h1-10,13-14,18,21-22H,11-12,15H2/t18-/m1/s1. The molecule has 0 radical (unpaired) electrons. The summed E-state index contributed by atoms with van der Waals surface area (Å²) in [5, 5.41) is 6.71. The summed E-state index contributed by atoms with van der Waals surface area (Å²) in [5.41, 5.74) is 2.35. The first kappa shape index (κ1) is 16.9. The van der Waals surface area contributed by atoms with Crippen molar-refractivity contribution < 1.29 is 8.42 Å². The Balaban J connectivity index is 1.69. The fourth-order valence-corrected chi connectivity index (χ4v) is 4.69. The van der Waals surface area contributed by atoms with Gasteiger partial charge in [0.25, 0.3) is 10.0 Å². The first-order valence-electron chi connectivity index (χ1n) is 8.70. The van der Waals surface area contributed by atoms with Crippen LogP contribution in [-0.4, -0.2) is 31.5 Å². The molecule has 26 heavy (non-hydrogen) atoms. The van der Waals surface area contributed by atoms with E-state index in [0.717, 1.165) is 30.8 Å². The molecule has 0 unspecified atom stereocenters. The molecule has 0 aliphatic carbocycles. The van der Waals surface area contributed by atoms with Gasteiger partial charge in [0.2, 0.25) is 0 Å². The summed E-state index contributed by atoms with van der Waals surface area (Å²) in [4.78, 5) is 0.279. The molecule has 1 atom stereocenters. The molecule has 1 aliphatic rings. The van der Waals surface area contributed by atoms with Crippen molar-refractivity contribution in [2.75, 3.05) is 18.4 Å². The highest BCUT2D eigenvalue weighted by atomic mass is 32.2. The summed E-state index contributed by atoms with van der Waals surface area (Å²) < 4.78 is 27.7. The zero-order valence-electron chi connectivity index (χ0n) is 14.3. The zero-order valence-corrected chi connectivity index (χ0v) is 15.1. The molecule has 2 N–H and O–H groups in total. The Bertz CT molecular complexity index is 991. The van der Waals surface area contributed by atoms with Crippen LogP contribution in [0.5, 0.6) is 0 Å². The molecule has 1 aromatic heterocycles. The van der Waals surface area contributed by atoms with Gasteiger partial charge in [-0.2, -0.15) is 0 Å². The monoisotopic (exact) mass is 367 g/mol. The lowest BCUT2D eigenvalue weighted by molar-refractivity contribution is 0.588. The molecule has 0 spiro atoms. The summed E-state index contributed by atoms with van der Waals surface area (Å²) in [6, 6.07) is 20.5. The van der Waals surface area contributed by atoms with Gasteiger partial charge in [-0.15, -0.1) is 0 Å². The maximum absolute atomic E-state index is 13.2. The molecule has 134 valence electrons. The van der Waals surface area contributed by atoms with E-state index >= 15 is 0 Å². The van der Waals surface area contributed by atoms with Crippen molar-refractivity contribution in [1.82, 2.24) is 9.29 Å². The number of hydrogen-bond acceptors (Lipinski definition) is 4. The van der Waals surface area contributed by atoms with Crippen LogP contribution in [0.25, 0.3) is 11.3 Å². The van der Waals surface area contributed by atoms with E-state index in [1.807, 2.05) is 42.5 Å². The summed E-state index contributed by atoms with van der Waals surface area (Å²) in [7, 11) is -3.67. The number of anilines is 1. The zero-order chi connectivity index (χ0) is 18.0. The van der Waals surface area contributed by atoms with Crippen molar-refractivity contribution in [1.29, 1.82) is 0 Å². The molecule has 0 amide bonds. The van der Waals surface area contributed by atoms with Gasteiger partial charge in [-0.1, -0.05) is 36.4 Å². The van der Waals surface area contributed by atoms with E-state index in [-0.39, 0.29) is 4.90 Å². The van der Waals surface area contributed by atoms with Crippen LogP contribution in [-0.2, 0) is 10.0 Å². The molecule has 1 saturated heterocycles. The van der Waals surface area contributed by atoms with Crippen molar-refractivity contribution in [3.63, 3.8) is 0 Å². The van der Waals surface area contributed by atoms with E-state index in [2.05, 4.69) is 10.6 Å². The fourth-order valence-electron chi connectivity index (χ4n) is 3.28. The van der Waals surface area contributed by atoms with Crippen LogP contribution in [0.1, 0.15) is 6.42 Å². The van der Waals surface area contributed by atoms with Gasteiger partial charge in [-0.05, 0) is 48.9 Å². The molecular formula is C20H21N3O2S. The Morgan fingerprint density at radius 2 is 1.85 bits per heavy atom. The van der Waals surface area contributed by atoms with Crippen LogP contribution < -0.4 is 10.6 Å². The number of benzene rings is 2. The quantitative estimate of drug-likeness (QED) is 0.727. The summed E-state index contributed by atoms with van der Waals surface area (Å²) in [6.45, 7) is 1.88. The largest absolute Gasteiger partial charge is 0.381 e. The van der Waals surface area contributed by atoms with Gasteiger partial charge >= 0.3 is 0 Å². The van der Waals surface area contributed by atoms with Crippen LogP contribution in [0, 0.1) is 0 Å². The Labute approximate surface area is 153 Å². The number of hydrogen-bond donors (Lipinski definition) is 2. The third-order valence-corrected chi connectivity index (χ3v) is 6.29. The van der Waals surface area contributed by atoms with Crippen molar-refractivity contribution in [3.05, 3.63) is 72.9 Å². The molecule has 5 nitrogen and oxygen atoms in total. The second-order valence-corrected chi connectivity index (χ2v) is 8.24. The lowest BCUT2D eigenvalue weighted by atomic mass is 10.2. The predicted molar refractivity (Wildman–Crippen MR) is 104 cm³/mol. The Kier molecular flexibility index (Phi) is 4.53. The molecule has 0 saturated carbocycles. The fraction of sp³-hybridized carbons (Fsp3) is 0.200. The average molecular weight is 367 g/mol. The summed E-state index contributed by atoms with van der Waals surface area (Å²) >= 11 is 0. The average Bonchev–Trinajstić information content (AvgIpc) is 3.35. The second kappa shape index (κ2) is 6.97. The Morgan fingerprint density at radius 3 is 2.62 bits per heavy atom. The van der Waals surface area contributed by atoms with Gasteiger partial charge in [0.15, 0.2) is 0 Å². The minimum absolute atomic E-state index is 0.279. The van der Waals surface area contributed by atoms with Crippen LogP contribution in [0.4, 0.5) is 5.69 Å². The molecule has 1 fully saturated rings. The molecule has 2 aromatic carbocycles. The van der Waals surface area contributed by atoms with Gasteiger partial charge in [0.1, 0.15) is 0 Å². The lowest BCUT2D eigenvalue weighted by Gasteiger charge is -2.15. The minimum atomic E-state index is -3.67. The first-order valence-corrected chi connectivity index (χ1v) is 10.1. The van der Waals surface area contributed by atoms with Crippen LogP contribution >= 0.6 is 0 Å². The lowest BCUT2D eigenvalue weighted by Crippen LogP contribution is -2.22. The Hall–Kier alpha value is -2.57. The van der Waals surface area contributed by atoms with Gasteiger partial charge < -0.3 is 10.6 Å². The van der Waals surface area contributed by atoms with E-state index in [0.29, 0.717) is 11.7 Å². The van der Waals surface area contributed by atoms with E-state index in [9.17, 15) is 8.42 Å². The number of aromatic nitrogens is 1. The van der Waals surface area contributed by atoms with Crippen molar-refractivity contribution >= 4 is 15.7 Å². The van der Waals surface area contributed by atoms with E-state index in [4.69, 9.17) is 0 Å². The smallest absolute Gasteiger partial charge is 0.268 e. The molecule has 1 aliphatic heterocycles. The number of nitrogens with one attached hydrogen (secondary N) is 2. The van der Waals surface area contributed by atoms with Gasteiger partial charge in [-0.25, -0.2) is 12.4 Å². The first-order chi connectivity index (χ1) is 12.6. The van der Waals surface area contributed by atoms with Gasteiger partial charge in [0.05, 0.1) is 10.6 Å². The number of rotatable bonds is 5. The highest BCUT2D eigenvalue weighted by molar-refractivity contribution is 7.90. The third-order valence-electron chi connectivity index (χ3n) is 4.60. The molecule has 6 heteroatoms. The van der Waals surface area contributed by atoms with E-state index in [1.165, 1.54) is 3.97 Å². The Morgan fingerprint density at radius 1 is 1.00 bits per heavy atom. The molecule has 4 rings (SSSR count). The topological polar surface area (TPSA) is 63.1 Å². The molecule has 3 aromatic rings. The predicted octanol–water partition coefficient (Wildman–Crippen LogP) is 3.17. The van der Waals surface area contributed by atoms with E-state index in [1.54, 1.807) is 30.5 Å². The SMILES string of the molecule is O=S(=O)(c1cccc(N[C@@H]2CCNC2)c1)n1cccc1-c1ccccc1. The van der Waals surface area contributed by atoms with E-state index < -0.39 is 10.0 Å². The highest BCUT2D eigenvalue weighted by Gasteiger charge is 2.21. The molecule has 0 bridgehead atoms. The summed E-state index contributed by atoms with van der Waals surface area (Å²) in [6.07, 6.45) is 2.63. The summed E-state index contributed by atoms with van der Waals surface area (Å²) in [5.74, 6) is 0. The van der Waals surface area contributed by atoms with Crippen LogP contribution in [0.15, 0.2) is 77.8 Å². The van der Waals surface area contributed by atoms with Gasteiger partial charge in [0, 0.05) is 24.5 Å². The van der Waals surface area contributed by atoms with Crippen molar-refractivity contribution in [2.45, 2.75) is 17.4 Å². The van der Waals surface area contributed by atoms with Crippen LogP contribution in [0.2, 0.25) is 0 Å². The van der Waals surface area contributed by atoms with Gasteiger partial charge in [-0.3, -0.25) is 0 Å². The van der Waals surface area contributed by atoms with Crippen molar-refractivity contribution in [3.8, 4) is 11.3 Å². The second-order valence-electron chi connectivity index (χ2n) is 6.42. The maximum Gasteiger partial charge on any atom is 0.268 e. The normalized spacial score (nSPS) is 17.3. The van der Waals surface area contributed by atoms with Crippen LogP contribution in [0.3, 0.4) is 0 Å². The molecule has 2 heterocycles.